The van der Waals surface area contributed by atoms with E-state index in [4.69, 9.17) is 16.7 Å². The molecule has 13 heavy (non-hydrogen) atoms. The standard InChI is InChI=1S/C8H7ClO2S2/c9-5-1-2-6(12-5)13-8(3-4-8)7(10)11/h1-2H,3-4H2,(H,10,11). The smallest absolute Gasteiger partial charge is 0.320 e. The molecule has 2 nitrogen and oxygen atoms in total. The molecule has 1 fully saturated rings. The van der Waals surface area contributed by atoms with Crippen LogP contribution in [-0.4, -0.2) is 15.8 Å². The molecule has 1 aliphatic rings. The van der Waals surface area contributed by atoms with Gasteiger partial charge in [-0.25, -0.2) is 0 Å². The molecule has 0 atom stereocenters. The van der Waals surface area contributed by atoms with Crippen molar-refractivity contribution in [3.63, 3.8) is 0 Å². The highest BCUT2D eigenvalue weighted by molar-refractivity contribution is 8.03. The van der Waals surface area contributed by atoms with Crippen molar-refractivity contribution in [3.8, 4) is 0 Å². The molecular formula is C8H7ClO2S2. The fourth-order valence-corrected chi connectivity index (χ4v) is 3.76. The van der Waals surface area contributed by atoms with Crippen LogP contribution in [0.2, 0.25) is 4.34 Å². The Balaban J connectivity index is 2.10. The molecule has 1 aromatic heterocycles. The van der Waals surface area contributed by atoms with Crippen LogP contribution in [0.3, 0.4) is 0 Å². The minimum absolute atomic E-state index is 0.547. The summed E-state index contributed by atoms with van der Waals surface area (Å²) in [6.45, 7) is 0. The molecule has 0 amide bonds. The van der Waals surface area contributed by atoms with E-state index >= 15 is 0 Å². The number of carboxylic acids is 1. The summed E-state index contributed by atoms with van der Waals surface area (Å²) in [4.78, 5) is 10.8. The maximum absolute atomic E-state index is 10.8. The first-order valence-electron chi connectivity index (χ1n) is 3.80. The lowest BCUT2D eigenvalue weighted by Crippen LogP contribution is -2.16. The van der Waals surface area contributed by atoms with Crippen molar-refractivity contribution < 1.29 is 9.90 Å². The van der Waals surface area contributed by atoms with Gasteiger partial charge < -0.3 is 5.11 Å². The van der Waals surface area contributed by atoms with Gasteiger partial charge in [0, 0.05) is 0 Å². The number of carboxylic acid groups (broad SMARTS) is 1. The molecule has 0 spiro atoms. The average molecular weight is 235 g/mol. The normalized spacial score (nSPS) is 18.5. The summed E-state index contributed by atoms with van der Waals surface area (Å²) < 4.78 is 1.15. The zero-order valence-electron chi connectivity index (χ0n) is 6.62. The number of carbonyl (C=O) groups is 1. The van der Waals surface area contributed by atoms with Crippen LogP contribution in [0.15, 0.2) is 16.3 Å². The van der Waals surface area contributed by atoms with Crippen molar-refractivity contribution in [2.24, 2.45) is 0 Å². The largest absolute Gasteiger partial charge is 0.480 e. The maximum Gasteiger partial charge on any atom is 0.320 e. The zero-order valence-corrected chi connectivity index (χ0v) is 9.01. The second-order valence-electron chi connectivity index (χ2n) is 2.96. The maximum atomic E-state index is 10.8. The Labute approximate surface area is 88.9 Å². The molecule has 1 N–H and O–H groups in total. The van der Waals surface area contributed by atoms with Crippen molar-refractivity contribution >= 4 is 40.7 Å². The third-order valence-electron chi connectivity index (χ3n) is 1.94. The number of thioether (sulfide) groups is 1. The highest BCUT2D eigenvalue weighted by Gasteiger charge is 2.51. The fourth-order valence-electron chi connectivity index (χ4n) is 1.02. The molecule has 0 bridgehead atoms. The molecule has 1 aliphatic carbocycles. The van der Waals surface area contributed by atoms with Gasteiger partial charge in [0.2, 0.25) is 0 Å². The molecule has 0 saturated heterocycles. The first kappa shape index (κ1) is 9.37. The van der Waals surface area contributed by atoms with Gasteiger partial charge in [-0.3, -0.25) is 4.79 Å². The van der Waals surface area contributed by atoms with E-state index < -0.39 is 10.7 Å². The topological polar surface area (TPSA) is 37.3 Å². The third kappa shape index (κ3) is 1.85. The molecule has 5 heteroatoms. The third-order valence-corrected chi connectivity index (χ3v) is 4.78. The minimum atomic E-state index is -0.706. The average Bonchev–Trinajstić information content (AvgIpc) is 2.72. The van der Waals surface area contributed by atoms with E-state index in [0.29, 0.717) is 4.34 Å². The Morgan fingerprint density at radius 3 is 2.69 bits per heavy atom. The van der Waals surface area contributed by atoms with Crippen LogP contribution < -0.4 is 0 Å². The molecular weight excluding hydrogens is 228 g/mol. The number of halogens is 1. The van der Waals surface area contributed by atoms with Crippen LogP contribution in [0.4, 0.5) is 0 Å². The highest BCUT2D eigenvalue weighted by atomic mass is 35.5. The summed E-state index contributed by atoms with van der Waals surface area (Å²) in [5, 5.41) is 8.92. The van der Waals surface area contributed by atoms with Gasteiger partial charge in [0.15, 0.2) is 0 Å². The Bertz CT molecular complexity index is 344. The first-order chi connectivity index (χ1) is 6.12. The molecule has 0 aliphatic heterocycles. The minimum Gasteiger partial charge on any atom is -0.480 e. The van der Waals surface area contributed by atoms with Gasteiger partial charge in [0.05, 0.1) is 8.55 Å². The quantitative estimate of drug-likeness (QED) is 0.873. The molecule has 1 heterocycles. The van der Waals surface area contributed by atoms with Gasteiger partial charge in [-0.1, -0.05) is 23.4 Å². The predicted molar refractivity (Wildman–Crippen MR) is 54.8 cm³/mol. The van der Waals surface area contributed by atoms with Gasteiger partial charge >= 0.3 is 5.97 Å². The van der Waals surface area contributed by atoms with Crippen molar-refractivity contribution in [3.05, 3.63) is 16.5 Å². The lowest BCUT2D eigenvalue weighted by molar-refractivity contribution is -0.137. The second-order valence-corrected chi connectivity index (χ2v) is 6.36. The van der Waals surface area contributed by atoms with E-state index in [1.165, 1.54) is 23.1 Å². The summed E-state index contributed by atoms with van der Waals surface area (Å²) in [6, 6.07) is 3.67. The second kappa shape index (κ2) is 3.19. The Kier molecular flexibility index (Phi) is 2.30. The van der Waals surface area contributed by atoms with Crippen molar-refractivity contribution in [1.29, 1.82) is 0 Å². The SMILES string of the molecule is O=C(O)C1(Sc2ccc(Cl)s2)CC1. The van der Waals surface area contributed by atoms with E-state index in [2.05, 4.69) is 0 Å². The molecule has 0 radical (unpaired) electrons. The summed E-state index contributed by atoms with van der Waals surface area (Å²) >= 11 is 8.60. The van der Waals surface area contributed by atoms with Crippen molar-refractivity contribution in [2.45, 2.75) is 21.8 Å². The highest BCUT2D eigenvalue weighted by Crippen LogP contribution is 2.53. The van der Waals surface area contributed by atoms with Crippen LogP contribution in [0, 0.1) is 0 Å². The molecule has 2 rings (SSSR count). The van der Waals surface area contributed by atoms with Crippen LogP contribution in [0.1, 0.15) is 12.8 Å². The fraction of sp³-hybridized carbons (Fsp3) is 0.375. The predicted octanol–water partition coefficient (Wildman–Crippen LogP) is 3.11. The van der Waals surface area contributed by atoms with E-state index in [1.54, 1.807) is 6.07 Å². The van der Waals surface area contributed by atoms with Crippen molar-refractivity contribution in [1.82, 2.24) is 0 Å². The molecule has 0 aromatic carbocycles. The summed E-state index contributed by atoms with van der Waals surface area (Å²) in [6.07, 6.45) is 1.53. The van der Waals surface area contributed by atoms with Gasteiger partial charge in [0.1, 0.15) is 4.75 Å². The monoisotopic (exact) mass is 234 g/mol. The van der Waals surface area contributed by atoms with Gasteiger partial charge in [-0.2, -0.15) is 0 Å². The van der Waals surface area contributed by atoms with Crippen LogP contribution in [-0.2, 0) is 4.79 Å². The molecule has 0 unspecified atom stereocenters. The van der Waals surface area contributed by atoms with Gasteiger partial charge in [-0.15, -0.1) is 11.3 Å². The lowest BCUT2D eigenvalue weighted by Gasteiger charge is -2.05. The van der Waals surface area contributed by atoms with Gasteiger partial charge in [0.25, 0.3) is 0 Å². The zero-order chi connectivity index (χ0) is 9.47. The molecule has 1 aromatic rings. The van der Waals surface area contributed by atoms with E-state index in [0.717, 1.165) is 17.1 Å². The number of hydrogen-bond donors (Lipinski definition) is 1. The molecule has 70 valence electrons. The molecule has 1 saturated carbocycles. The Morgan fingerprint density at radius 1 is 1.62 bits per heavy atom. The number of thiophene rings is 1. The van der Waals surface area contributed by atoms with Crippen LogP contribution >= 0.6 is 34.7 Å². The Morgan fingerprint density at radius 2 is 2.31 bits per heavy atom. The van der Waals surface area contributed by atoms with E-state index in [-0.39, 0.29) is 0 Å². The van der Waals surface area contributed by atoms with Crippen LogP contribution in [0.25, 0.3) is 0 Å². The van der Waals surface area contributed by atoms with Crippen molar-refractivity contribution in [2.75, 3.05) is 0 Å². The van der Waals surface area contributed by atoms with E-state index in [1.807, 2.05) is 6.07 Å². The number of aliphatic carboxylic acids is 1. The van der Waals surface area contributed by atoms with E-state index in [9.17, 15) is 4.79 Å². The number of rotatable bonds is 3. The summed E-state index contributed by atoms with van der Waals surface area (Å²) in [5.74, 6) is -0.706. The lowest BCUT2D eigenvalue weighted by atomic mass is 10.4. The summed E-state index contributed by atoms with van der Waals surface area (Å²) in [5.41, 5.74) is 0. The summed E-state index contributed by atoms with van der Waals surface area (Å²) in [7, 11) is 0. The first-order valence-corrected chi connectivity index (χ1v) is 5.81. The van der Waals surface area contributed by atoms with Gasteiger partial charge in [-0.05, 0) is 25.0 Å². The number of hydrogen-bond acceptors (Lipinski definition) is 3. The Hall–Kier alpha value is -0.190. The van der Waals surface area contributed by atoms with Crippen LogP contribution in [0.5, 0.6) is 0 Å².